The lowest BCUT2D eigenvalue weighted by atomic mass is 9.89. The number of rotatable bonds is 11. The zero-order chi connectivity index (χ0) is 38.9. The normalized spacial score (nSPS) is 18.4. The lowest BCUT2D eigenvalue weighted by Crippen LogP contribution is -2.52. The molecule has 4 aromatic rings. The number of imide groups is 1. The van der Waals surface area contributed by atoms with E-state index in [1.807, 2.05) is 44.2 Å². The van der Waals surface area contributed by atoms with Crippen molar-refractivity contribution < 1.29 is 32.3 Å². The van der Waals surface area contributed by atoms with Crippen LogP contribution in [0, 0.1) is 5.92 Å². The fourth-order valence-electron chi connectivity index (χ4n) is 7.82. The van der Waals surface area contributed by atoms with Gasteiger partial charge in [0.05, 0.1) is 5.56 Å². The number of hydrogen-bond donors (Lipinski definition) is 3. The number of benzene rings is 3. The maximum absolute atomic E-state index is 14.1. The number of aromatic nitrogens is 1. The Morgan fingerprint density at radius 3 is 2.40 bits per heavy atom. The van der Waals surface area contributed by atoms with Gasteiger partial charge >= 0.3 is 6.18 Å². The molecule has 0 bridgehead atoms. The van der Waals surface area contributed by atoms with Crippen molar-refractivity contribution in [3.8, 4) is 16.9 Å². The first kappa shape index (κ1) is 37.9. The fraction of sp³-hybridized carbons (Fsp3) is 0.381. The second-order valence-corrected chi connectivity index (χ2v) is 15.1. The lowest BCUT2D eigenvalue weighted by Gasteiger charge is -2.34. The van der Waals surface area contributed by atoms with Crippen molar-refractivity contribution in [3.05, 3.63) is 101 Å². The molecule has 3 aliphatic heterocycles. The highest BCUT2D eigenvalue weighted by atomic mass is 19.4. The van der Waals surface area contributed by atoms with Crippen LogP contribution >= 0.6 is 0 Å². The summed E-state index contributed by atoms with van der Waals surface area (Å²) in [6, 6.07) is 20.5. The zero-order valence-electron chi connectivity index (χ0n) is 30.9. The minimum Gasteiger partial charge on any atom is -0.491 e. The van der Waals surface area contributed by atoms with Crippen molar-refractivity contribution in [2.45, 2.75) is 76.7 Å². The molecule has 0 aliphatic carbocycles. The molecule has 3 amide bonds. The molecule has 4 heterocycles. The van der Waals surface area contributed by atoms with Gasteiger partial charge in [0, 0.05) is 55.2 Å². The fourth-order valence-corrected chi connectivity index (χ4v) is 7.82. The minimum atomic E-state index is -4.60. The number of hydrogen-bond acceptors (Lipinski definition) is 8. The summed E-state index contributed by atoms with van der Waals surface area (Å²) in [7, 11) is 0. The number of alkyl halides is 3. The summed E-state index contributed by atoms with van der Waals surface area (Å²) in [4.78, 5) is 45.4. The molecule has 0 radical (unpaired) electrons. The summed E-state index contributed by atoms with van der Waals surface area (Å²) < 4.78 is 47.8. The van der Waals surface area contributed by atoms with Crippen LogP contribution in [0.4, 0.5) is 30.4 Å². The summed E-state index contributed by atoms with van der Waals surface area (Å²) in [6.45, 7) is 6.04. The molecule has 7 rings (SSSR count). The van der Waals surface area contributed by atoms with E-state index < -0.39 is 23.7 Å². The van der Waals surface area contributed by atoms with Crippen molar-refractivity contribution in [2.24, 2.45) is 11.7 Å². The molecule has 2 fully saturated rings. The second kappa shape index (κ2) is 15.7. The van der Waals surface area contributed by atoms with Crippen molar-refractivity contribution in [2.75, 3.05) is 29.9 Å². The van der Waals surface area contributed by atoms with Crippen LogP contribution in [0.3, 0.4) is 0 Å². The van der Waals surface area contributed by atoms with Crippen LogP contribution in [-0.2, 0) is 22.3 Å². The smallest absolute Gasteiger partial charge is 0.419 e. The summed E-state index contributed by atoms with van der Waals surface area (Å²) in [5, 5.41) is 5.63. The Morgan fingerprint density at radius 1 is 0.945 bits per heavy atom. The zero-order valence-corrected chi connectivity index (χ0v) is 30.9. The predicted octanol–water partition coefficient (Wildman–Crippen LogP) is 7.41. The van der Waals surface area contributed by atoms with Crippen LogP contribution < -0.4 is 26.0 Å². The molecule has 13 heteroatoms. The SMILES string of the molecule is CC(C)C[C@H](N)COc1ccc(-c2ccnc(Nc3ccc(C4CCN(c5ccc6c(c5)CN(C5CCC(=O)NC5=O)C6=O)CC4)cc3)c2)cc1C(F)(F)F. The monoisotopic (exact) mass is 754 g/mol. The van der Waals surface area contributed by atoms with Crippen molar-refractivity contribution in [1.82, 2.24) is 15.2 Å². The number of ether oxygens (including phenoxy) is 1. The van der Waals surface area contributed by atoms with E-state index in [0.29, 0.717) is 53.7 Å². The van der Waals surface area contributed by atoms with E-state index >= 15 is 0 Å². The molecular weight excluding hydrogens is 709 g/mol. The number of nitrogens with zero attached hydrogens (tertiary/aromatic N) is 3. The van der Waals surface area contributed by atoms with E-state index in [1.54, 1.807) is 29.3 Å². The highest BCUT2D eigenvalue weighted by Gasteiger charge is 2.39. The first-order chi connectivity index (χ1) is 26.3. The third-order valence-electron chi connectivity index (χ3n) is 10.6. The molecule has 2 atom stereocenters. The Kier molecular flexibility index (Phi) is 10.8. The van der Waals surface area contributed by atoms with Crippen LogP contribution in [0.15, 0.2) is 79.0 Å². The Labute approximate surface area is 318 Å². The second-order valence-electron chi connectivity index (χ2n) is 15.1. The van der Waals surface area contributed by atoms with Gasteiger partial charge < -0.3 is 25.6 Å². The van der Waals surface area contributed by atoms with Gasteiger partial charge in [0.1, 0.15) is 24.2 Å². The molecule has 55 heavy (non-hydrogen) atoms. The van der Waals surface area contributed by atoms with E-state index in [9.17, 15) is 27.6 Å². The molecule has 288 valence electrons. The predicted molar refractivity (Wildman–Crippen MR) is 204 cm³/mol. The summed E-state index contributed by atoms with van der Waals surface area (Å²) in [6.07, 6.45) is 0.0617. The number of halogens is 3. The first-order valence-corrected chi connectivity index (χ1v) is 18.8. The largest absolute Gasteiger partial charge is 0.491 e. The number of amides is 3. The Bertz CT molecular complexity index is 2060. The number of nitrogens with one attached hydrogen (secondary N) is 2. The topological polar surface area (TPSA) is 130 Å². The third kappa shape index (κ3) is 8.62. The van der Waals surface area contributed by atoms with Gasteiger partial charge in [0.25, 0.3) is 5.91 Å². The summed E-state index contributed by atoms with van der Waals surface area (Å²) >= 11 is 0. The van der Waals surface area contributed by atoms with Gasteiger partial charge in [-0.15, -0.1) is 0 Å². The number of anilines is 3. The number of piperidine rings is 2. The van der Waals surface area contributed by atoms with E-state index in [-0.39, 0.29) is 36.6 Å². The Hall–Kier alpha value is -5.43. The summed E-state index contributed by atoms with van der Waals surface area (Å²) in [5.74, 6) is 0.0447. The first-order valence-electron chi connectivity index (χ1n) is 18.8. The van der Waals surface area contributed by atoms with Crippen LogP contribution in [0.2, 0.25) is 0 Å². The quantitative estimate of drug-likeness (QED) is 0.135. The molecule has 2 saturated heterocycles. The van der Waals surface area contributed by atoms with Gasteiger partial charge in [-0.25, -0.2) is 4.98 Å². The highest BCUT2D eigenvalue weighted by Crippen LogP contribution is 2.40. The van der Waals surface area contributed by atoms with Crippen LogP contribution in [0.25, 0.3) is 11.1 Å². The van der Waals surface area contributed by atoms with Crippen LogP contribution in [0.5, 0.6) is 5.75 Å². The Morgan fingerprint density at radius 2 is 1.69 bits per heavy atom. The van der Waals surface area contributed by atoms with Crippen LogP contribution in [-0.4, -0.2) is 59.4 Å². The van der Waals surface area contributed by atoms with Gasteiger partial charge in [-0.2, -0.15) is 13.2 Å². The maximum Gasteiger partial charge on any atom is 0.419 e. The van der Waals surface area contributed by atoms with E-state index in [2.05, 4.69) is 32.7 Å². The molecule has 3 aromatic carbocycles. The minimum absolute atomic E-state index is 0.00279. The highest BCUT2D eigenvalue weighted by molar-refractivity contribution is 6.05. The van der Waals surface area contributed by atoms with Crippen LogP contribution in [0.1, 0.15) is 78.9 Å². The number of nitrogens with two attached hydrogens (primary N) is 1. The molecule has 10 nitrogen and oxygen atoms in total. The molecule has 0 saturated carbocycles. The average Bonchev–Trinajstić information content (AvgIpc) is 3.48. The van der Waals surface area contributed by atoms with Gasteiger partial charge in [-0.1, -0.05) is 32.0 Å². The number of fused-ring (bicyclic) bond motifs is 1. The number of carbonyl (C=O) groups excluding carboxylic acids is 3. The van der Waals surface area contributed by atoms with E-state index in [0.717, 1.165) is 48.9 Å². The van der Waals surface area contributed by atoms with Gasteiger partial charge in [0.2, 0.25) is 11.8 Å². The number of carbonyl (C=O) groups is 3. The Balaban J connectivity index is 0.953. The molecule has 3 aliphatic rings. The van der Waals surface area contributed by atoms with Crippen molar-refractivity contribution in [3.63, 3.8) is 0 Å². The average molecular weight is 755 g/mol. The molecule has 0 spiro atoms. The van der Waals surface area contributed by atoms with Crippen molar-refractivity contribution >= 4 is 34.9 Å². The standard InChI is InChI=1S/C42H45F3N6O4/c1-25(2)19-31(46)24-55-37-11-5-28(21-35(37)42(43,44)45)29-13-16-47-38(22-29)48-32-6-3-26(4-7-32)27-14-17-50(18-15-27)33-8-9-34-30(20-33)23-51(41(34)54)36-10-12-39(52)49-40(36)53/h3-9,11,13,16,20-22,25,27,31,36H,10,12,14-15,17-19,23-24,46H2,1-2H3,(H,47,48)(H,49,52,53)/t31-,36?/m0/s1. The van der Waals surface area contributed by atoms with E-state index in [1.165, 1.54) is 11.6 Å². The molecular formula is C42H45F3N6O4. The lowest BCUT2D eigenvalue weighted by molar-refractivity contribution is -0.139. The third-order valence-corrected chi connectivity index (χ3v) is 10.6. The van der Waals surface area contributed by atoms with Crippen molar-refractivity contribution in [1.29, 1.82) is 0 Å². The van der Waals surface area contributed by atoms with Gasteiger partial charge in [-0.05, 0) is 114 Å². The maximum atomic E-state index is 14.1. The van der Waals surface area contributed by atoms with Gasteiger partial charge in [0.15, 0.2) is 0 Å². The molecule has 1 aromatic heterocycles. The number of pyridine rings is 1. The van der Waals surface area contributed by atoms with E-state index in [4.69, 9.17) is 10.5 Å². The summed E-state index contributed by atoms with van der Waals surface area (Å²) in [5.41, 5.74) is 10.7. The van der Waals surface area contributed by atoms with Gasteiger partial charge in [-0.3, -0.25) is 19.7 Å². The molecule has 1 unspecified atom stereocenters. The molecule has 4 N–H and O–H groups in total.